The molecule has 3 heteroatoms. The summed E-state index contributed by atoms with van der Waals surface area (Å²) >= 11 is 0. The molecule has 14 heavy (non-hydrogen) atoms. The van der Waals surface area contributed by atoms with E-state index in [2.05, 4.69) is 24.2 Å². The molecule has 0 aromatic carbocycles. The number of nitrogens with zero attached hydrogens (tertiary/aromatic N) is 2. The lowest BCUT2D eigenvalue weighted by Gasteiger charge is -2.16. The van der Waals surface area contributed by atoms with E-state index in [1.54, 1.807) is 6.20 Å². The van der Waals surface area contributed by atoms with Crippen LogP contribution >= 0.6 is 0 Å². The molecule has 0 saturated carbocycles. The lowest BCUT2D eigenvalue weighted by molar-refractivity contribution is 0.229. The Morgan fingerprint density at radius 1 is 1.64 bits per heavy atom. The van der Waals surface area contributed by atoms with E-state index in [1.807, 2.05) is 10.9 Å². The lowest BCUT2D eigenvalue weighted by atomic mass is 10.1. The van der Waals surface area contributed by atoms with Crippen molar-refractivity contribution in [3.8, 4) is 5.75 Å². The summed E-state index contributed by atoms with van der Waals surface area (Å²) in [5, 5.41) is 4.17. The summed E-state index contributed by atoms with van der Waals surface area (Å²) in [7, 11) is 0. The average molecular weight is 192 g/mol. The van der Waals surface area contributed by atoms with E-state index in [1.165, 1.54) is 12.8 Å². The number of rotatable bonds is 3. The summed E-state index contributed by atoms with van der Waals surface area (Å²) < 4.78 is 7.64. The summed E-state index contributed by atoms with van der Waals surface area (Å²) in [6.45, 7) is 2.96. The average Bonchev–Trinajstić information content (AvgIpc) is 2.67. The zero-order valence-corrected chi connectivity index (χ0v) is 8.52. The van der Waals surface area contributed by atoms with Gasteiger partial charge in [0, 0.05) is 6.54 Å². The first-order valence-corrected chi connectivity index (χ1v) is 5.24. The highest BCUT2D eigenvalue weighted by atomic mass is 16.5. The molecule has 0 aliphatic heterocycles. The van der Waals surface area contributed by atoms with E-state index >= 15 is 0 Å². The summed E-state index contributed by atoms with van der Waals surface area (Å²) in [5.41, 5.74) is 0. The Bertz CT molecular complexity index is 317. The molecule has 3 nitrogen and oxygen atoms in total. The molecule has 1 atom stereocenters. The molecular weight excluding hydrogens is 176 g/mol. The van der Waals surface area contributed by atoms with E-state index in [-0.39, 0.29) is 6.10 Å². The Labute approximate surface area is 84.4 Å². The van der Waals surface area contributed by atoms with Gasteiger partial charge >= 0.3 is 0 Å². The first-order chi connectivity index (χ1) is 6.88. The standard InChI is InChI=1S/C11H16N2O/c1-2-13-9-11(8-12-13)14-10-6-4-3-5-7-10/h4,6,8-10H,2-3,5,7H2,1H3. The van der Waals surface area contributed by atoms with Crippen molar-refractivity contribution in [3.63, 3.8) is 0 Å². The molecule has 1 aliphatic carbocycles. The monoisotopic (exact) mass is 192 g/mol. The smallest absolute Gasteiger partial charge is 0.158 e. The number of ether oxygens (including phenoxy) is 1. The second-order valence-corrected chi connectivity index (χ2v) is 3.55. The van der Waals surface area contributed by atoms with Crippen LogP contribution in [-0.4, -0.2) is 15.9 Å². The van der Waals surface area contributed by atoms with Crippen LogP contribution in [0, 0.1) is 0 Å². The minimum absolute atomic E-state index is 0.248. The minimum Gasteiger partial charge on any atom is -0.483 e. The summed E-state index contributed by atoms with van der Waals surface area (Å²) in [5.74, 6) is 0.878. The van der Waals surface area contributed by atoms with Gasteiger partial charge in [0.05, 0.1) is 12.4 Å². The summed E-state index contributed by atoms with van der Waals surface area (Å²) in [4.78, 5) is 0. The summed E-state index contributed by atoms with van der Waals surface area (Å²) in [6, 6.07) is 0. The largest absolute Gasteiger partial charge is 0.483 e. The molecule has 0 bridgehead atoms. The van der Waals surface area contributed by atoms with Gasteiger partial charge in [0.15, 0.2) is 5.75 Å². The van der Waals surface area contributed by atoms with Gasteiger partial charge in [0.1, 0.15) is 6.10 Å². The number of allylic oxidation sites excluding steroid dienone is 1. The lowest BCUT2D eigenvalue weighted by Crippen LogP contribution is -2.15. The quantitative estimate of drug-likeness (QED) is 0.687. The van der Waals surface area contributed by atoms with Crippen LogP contribution in [0.2, 0.25) is 0 Å². The van der Waals surface area contributed by atoms with Gasteiger partial charge in [-0.1, -0.05) is 6.08 Å². The fraction of sp³-hybridized carbons (Fsp3) is 0.545. The zero-order chi connectivity index (χ0) is 9.80. The fourth-order valence-electron chi connectivity index (χ4n) is 1.63. The molecule has 76 valence electrons. The van der Waals surface area contributed by atoms with Gasteiger partial charge in [-0.2, -0.15) is 5.10 Å². The number of hydrogen-bond donors (Lipinski definition) is 0. The molecule has 1 unspecified atom stereocenters. The van der Waals surface area contributed by atoms with Crippen molar-refractivity contribution in [1.82, 2.24) is 9.78 Å². The minimum atomic E-state index is 0.248. The molecule has 0 spiro atoms. The third kappa shape index (κ3) is 2.16. The van der Waals surface area contributed by atoms with Crippen LogP contribution in [0.1, 0.15) is 26.2 Å². The number of aromatic nitrogens is 2. The van der Waals surface area contributed by atoms with Crippen LogP contribution in [0.3, 0.4) is 0 Å². The van der Waals surface area contributed by atoms with E-state index in [4.69, 9.17) is 4.74 Å². The highest BCUT2D eigenvalue weighted by Crippen LogP contribution is 2.17. The van der Waals surface area contributed by atoms with Gasteiger partial charge in [0.2, 0.25) is 0 Å². The second-order valence-electron chi connectivity index (χ2n) is 3.55. The summed E-state index contributed by atoms with van der Waals surface area (Å²) in [6.07, 6.45) is 11.9. The van der Waals surface area contributed by atoms with E-state index in [0.29, 0.717) is 0 Å². The topological polar surface area (TPSA) is 27.1 Å². The predicted octanol–water partition coefficient (Wildman–Crippen LogP) is 2.39. The van der Waals surface area contributed by atoms with E-state index in [9.17, 15) is 0 Å². The van der Waals surface area contributed by atoms with Crippen LogP contribution in [0.4, 0.5) is 0 Å². The Hall–Kier alpha value is -1.25. The zero-order valence-electron chi connectivity index (χ0n) is 8.52. The van der Waals surface area contributed by atoms with Gasteiger partial charge in [-0.25, -0.2) is 0 Å². The van der Waals surface area contributed by atoms with E-state index < -0.39 is 0 Å². The van der Waals surface area contributed by atoms with Crippen molar-refractivity contribution >= 4 is 0 Å². The van der Waals surface area contributed by atoms with E-state index in [0.717, 1.165) is 18.7 Å². The number of hydrogen-bond acceptors (Lipinski definition) is 2. The Balaban J connectivity index is 1.95. The molecule has 0 amide bonds. The molecule has 2 rings (SSSR count). The van der Waals surface area contributed by atoms with Crippen molar-refractivity contribution in [3.05, 3.63) is 24.5 Å². The highest BCUT2D eigenvalue weighted by Gasteiger charge is 2.10. The molecule has 0 fully saturated rings. The predicted molar refractivity (Wildman–Crippen MR) is 55.3 cm³/mol. The second kappa shape index (κ2) is 4.31. The highest BCUT2D eigenvalue weighted by molar-refractivity contribution is 5.13. The Kier molecular flexibility index (Phi) is 2.87. The van der Waals surface area contributed by atoms with Crippen LogP contribution in [0.15, 0.2) is 24.5 Å². The van der Waals surface area contributed by atoms with Crippen LogP contribution < -0.4 is 4.74 Å². The molecule has 0 N–H and O–H groups in total. The van der Waals surface area contributed by atoms with Crippen LogP contribution in [0.25, 0.3) is 0 Å². The third-order valence-corrected chi connectivity index (χ3v) is 2.43. The van der Waals surface area contributed by atoms with Gasteiger partial charge < -0.3 is 4.74 Å². The molecule has 0 radical (unpaired) electrons. The fourth-order valence-corrected chi connectivity index (χ4v) is 1.63. The maximum atomic E-state index is 5.77. The molecule has 1 aromatic heterocycles. The maximum absolute atomic E-state index is 5.77. The van der Waals surface area contributed by atoms with Gasteiger partial charge in [-0.3, -0.25) is 4.68 Å². The molecule has 1 aliphatic rings. The molecule has 1 heterocycles. The van der Waals surface area contributed by atoms with Crippen LogP contribution in [0.5, 0.6) is 5.75 Å². The van der Waals surface area contributed by atoms with Crippen molar-refractivity contribution in [1.29, 1.82) is 0 Å². The van der Waals surface area contributed by atoms with Crippen molar-refractivity contribution < 1.29 is 4.74 Å². The normalized spacial score (nSPS) is 21.1. The van der Waals surface area contributed by atoms with Crippen molar-refractivity contribution in [2.45, 2.75) is 38.8 Å². The van der Waals surface area contributed by atoms with Gasteiger partial charge in [0.25, 0.3) is 0 Å². The molecular formula is C11H16N2O. The Morgan fingerprint density at radius 3 is 3.21 bits per heavy atom. The van der Waals surface area contributed by atoms with Crippen molar-refractivity contribution in [2.75, 3.05) is 0 Å². The first kappa shape index (κ1) is 9.31. The van der Waals surface area contributed by atoms with Crippen LogP contribution in [-0.2, 0) is 6.54 Å². The molecule has 1 aromatic rings. The third-order valence-electron chi connectivity index (χ3n) is 2.43. The SMILES string of the molecule is CCn1cc(OC2C=CCCC2)cn1. The van der Waals surface area contributed by atoms with Gasteiger partial charge in [-0.15, -0.1) is 0 Å². The first-order valence-electron chi connectivity index (χ1n) is 5.24. The number of aryl methyl sites for hydroxylation is 1. The molecule has 0 saturated heterocycles. The Morgan fingerprint density at radius 2 is 2.57 bits per heavy atom. The maximum Gasteiger partial charge on any atom is 0.158 e. The van der Waals surface area contributed by atoms with Gasteiger partial charge in [-0.05, 0) is 32.3 Å². The van der Waals surface area contributed by atoms with Crippen molar-refractivity contribution in [2.24, 2.45) is 0 Å².